The Bertz CT molecular complexity index is 560. The van der Waals surface area contributed by atoms with Crippen LogP contribution in [0.4, 0.5) is 0 Å². The van der Waals surface area contributed by atoms with Crippen molar-refractivity contribution in [2.75, 3.05) is 46.9 Å². The first-order chi connectivity index (χ1) is 10.6. The fraction of sp³-hybridized carbons (Fsp3) is 0.467. The van der Waals surface area contributed by atoms with Gasteiger partial charge in [-0.2, -0.15) is 0 Å². The van der Waals surface area contributed by atoms with Gasteiger partial charge in [0.1, 0.15) is 11.5 Å². The minimum absolute atomic E-state index is 0. The van der Waals surface area contributed by atoms with Gasteiger partial charge in [-0.05, 0) is 12.1 Å². The Balaban J connectivity index is 0.00000264. The normalized spacial score (nSPS) is 14.0. The molecule has 8 heteroatoms. The van der Waals surface area contributed by atoms with Gasteiger partial charge in [0.05, 0.1) is 26.3 Å². The Morgan fingerprint density at radius 3 is 2.22 bits per heavy atom. The second kappa shape index (κ2) is 8.59. The highest BCUT2D eigenvalue weighted by atomic mass is 35.5. The maximum atomic E-state index is 12.6. The van der Waals surface area contributed by atoms with Crippen LogP contribution in [-0.2, 0) is 4.79 Å². The van der Waals surface area contributed by atoms with E-state index in [9.17, 15) is 9.59 Å². The van der Waals surface area contributed by atoms with E-state index in [4.69, 9.17) is 15.2 Å². The minimum atomic E-state index is -0.112. The highest BCUT2D eigenvalue weighted by molar-refractivity contribution is 5.97. The number of amides is 2. The molecule has 1 aromatic carbocycles. The van der Waals surface area contributed by atoms with E-state index in [0.717, 1.165) is 0 Å². The van der Waals surface area contributed by atoms with E-state index in [2.05, 4.69) is 0 Å². The van der Waals surface area contributed by atoms with Crippen LogP contribution in [0.15, 0.2) is 18.2 Å². The van der Waals surface area contributed by atoms with E-state index in [1.54, 1.807) is 35.1 Å². The summed E-state index contributed by atoms with van der Waals surface area (Å²) < 4.78 is 10.4. The number of carbonyl (C=O) groups excluding carboxylic acids is 2. The summed E-state index contributed by atoms with van der Waals surface area (Å²) in [6, 6.07) is 5.10. The molecule has 1 aliphatic rings. The molecule has 23 heavy (non-hydrogen) atoms. The molecular formula is C15H22ClN3O4. The third-order valence-corrected chi connectivity index (χ3v) is 3.73. The number of halogens is 1. The van der Waals surface area contributed by atoms with Gasteiger partial charge in [0, 0.05) is 32.2 Å². The lowest BCUT2D eigenvalue weighted by atomic mass is 10.1. The summed E-state index contributed by atoms with van der Waals surface area (Å²) >= 11 is 0. The fourth-order valence-electron chi connectivity index (χ4n) is 2.43. The molecule has 2 rings (SSSR count). The third-order valence-electron chi connectivity index (χ3n) is 3.73. The van der Waals surface area contributed by atoms with Crippen molar-refractivity contribution in [2.24, 2.45) is 5.73 Å². The highest BCUT2D eigenvalue weighted by Gasteiger charge is 2.26. The zero-order valence-electron chi connectivity index (χ0n) is 13.3. The molecule has 0 radical (unpaired) electrons. The van der Waals surface area contributed by atoms with E-state index in [-0.39, 0.29) is 30.8 Å². The Kier molecular flexibility index (Phi) is 7.12. The lowest BCUT2D eigenvalue weighted by molar-refractivity contribution is -0.131. The number of piperazine rings is 1. The van der Waals surface area contributed by atoms with Crippen LogP contribution in [0.25, 0.3) is 0 Å². The van der Waals surface area contributed by atoms with Crippen molar-refractivity contribution in [3.05, 3.63) is 23.8 Å². The molecule has 2 amide bonds. The zero-order chi connectivity index (χ0) is 16.1. The first kappa shape index (κ1) is 19.1. The molecule has 2 N–H and O–H groups in total. The zero-order valence-corrected chi connectivity index (χ0v) is 14.1. The molecule has 7 nitrogen and oxygen atoms in total. The molecule has 1 aliphatic heterocycles. The van der Waals surface area contributed by atoms with Crippen molar-refractivity contribution in [3.63, 3.8) is 0 Å². The van der Waals surface area contributed by atoms with Crippen molar-refractivity contribution in [1.82, 2.24) is 9.80 Å². The maximum Gasteiger partial charge on any atom is 0.257 e. The Morgan fingerprint density at radius 1 is 1.09 bits per heavy atom. The summed E-state index contributed by atoms with van der Waals surface area (Å²) in [5.41, 5.74) is 5.84. The number of hydrogen-bond donors (Lipinski definition) is 1. The standard InChI is InChI=1S/C15H21N3O4.ClH/c1-21-11-3-4-12(13(9-11)22-2)15(20)18-7-5-17(6-8-18)14(19)10-16;/h3-4,9H,5-8,10,16H2,1-2H3;1H. The number of benzene rings is 1. The van der Waals surface area contributed by atoms with Gasteiger partial charge in [-0.25, -0.2) is 0 Å². The predicted octanol–water partition coefficient (Wildman–Crippen LogP) is 0.369. The number of hydrogen-bond acceptors (Lipinski definition) is 5. The second-order valence-electron chi connectivity index (χ2n) is 4.94. The summed E-state index contributed by atoms with van der Waals surface area (Å²) in [4.78, 5) is 27.5. The van der Waals surface area contributed by atoms with Gasteiger partial charge < -0.3 is 25.0 Å². The lowest BCUT2D eigenvalue weighted by Gasteiger charge is -2.34. The van der Waals surface area contributed by atoms with E-state index in [1.807, 2.05) is 0 Å². The molecule has 0 aromatic heterocycles. The Morgan fingerprint density at radius 2 is 1.70 bits per heavy atom. The van der Waals surface area contributed by atoms with E-state index >= 15 is 0 Å². The third kappa shape index (κ3) is 4.27. The highest BCUT2D eigenvalue weighted by Crippen LogP contribution is 2.26. The van der Waals surface area contributed by atoms with Crippen LogP contribution in [0, 0.1) is 0 Å². The number of nitrogens with zero attached hydrogens (tertiary/aromatic N) is 2. The molecular weight excluding hydrogens is 322 g/mol. The summed E-state index contributed by atoms with van der Waals surface area (Å²) in [6.07, 6.45) is 0. The largest absolute Gasteiger partial charge is 0.497 e. The summed E-state index contributed by atoms with van der Waals surface area (Å²) in [6.45, 7) is 1.97. The second-order valence-corrected chi connectivity index (χ2v) is 4.94. The molecule has 1 heterocycles. The topological polar surface area (TPSA) is 85.1 Å². The Hall–Kier alpha value is -1.99. The van der Waals surface area contributed by atoms with Gasteiger partial charge in [0.25, 0.3) is 5.91 Å². The van der Waals surface area contributed by atoms with Gasteiger partial charge in [-0.1, -0.05) is 0 Å². The number of carbonyl (C=O) groups is 2. The summed E-state index contributed by atoms with van der Waals surface area (Å²) in [5.74, 6) is 0.907. The average molecular weight is 344 g/mol. The van der Waals surface area contributed by atoms with Crippen molar-refractivity contribution >= 4 is 24.2 Å². The molecule has 0 saturated carbocycles. The average Bonchev–Trinajstić information content (AvgIpc) is 2.59. The fourth-order valence-corrected chi connectivity index (χ4v) is 2.43. The monoisotopic (exact) mass is 343 g/mol. The quantitative estimate of drug-likeness (QED) is 0.853. The molecule has 1 saturated heterocycles. The number of nitrogens with two attached hydrogens (primary N) is 1. The first-order valence-corrected chi connectivity index (χ1v) is 7.09. The predicted molar refractivity (Wildman–Crippen MR) is 88.3 cm³/mol. The van der Waals surface area contributed by atoms with Gasteiger partial charge in [-0.3, -0.25) is 9.59 Å². The smallest absolute Gasteiger partial charge is 0.257 e. The van der Waals surface area contributed by atoms with E-state index in [1.165, 1.54) is 7.11 Å². The summed E-state index contributed by atoms with van der Waals surface area (Å²) in [5, 5.41) is 0. The van der Waals surface area contributed by atoms with Gasteiger partial charge in [0.15, 0.2) is 0 Å². The first-order valence-electron chi connectivity index (χ1n) is 7.09. The molecule has 0 aliphatic carbocycles. The van der Waals surface area contributed by atoms with Crippen LogP contribution in [0.5, 0.6) is 11.5 Å². The maximum absolute atomic E-state index is 12.6. The van der Waals surface area contributed by atoms with Crippen molar-refractivity contribution in [1.29, 1.82) is 0 Å². The molecule has 0 bridgehead atoms. The number of methoxy groups -OCH3 is 2. The molecule has 1 aromatic rings. The number of ether oxygens (including phenoxy) is 2. The molecule has 0 atom stereocenters. The van der Waals surface area contributed by atoms with Crippen molar-refractivity contribution in [3.8, 4) is 11.5 Å². The Labute approximate surface area is 141 Å². The minimum Gasteiger partial charge on any atom is -0.497 e. The molecule has 1 fully saturated rings. The molecule has 128 valence electrons. The van der Waals surface area contributed by atoms with Crippen molar-refractivity contribution < 1.29 is 19.1 Å². The van der Waals surface area contributed by atoms with Crippen molar-refractivity contribution in [2.45, 2.75) is 0 Å². The SMILES string of the molecule is COc1ccc(C(=O)N2CCN(C(=O)CN)CC2)c(OC)c1.Cl. The lowest BCUT2D eigenvalue weighted by Crippen LogP contribution is -2.51. The van der Waals surface area contributed by atoms with Crippen LogP contribution in [0.2, 0.25) is 0 Å². The van der Waals surface area contributed by atoms with Crippen LogP contribution >= 0.6 is 12.4 Å². The molecule has 0 spiro atoms. The van der Waals surface area contributed by atoms with Crippen LogP contribution in [0.1, 0.15) is 10.4 Å². The van der Waals surface area contributed by atoms with Crippen LogP contribution < -0.4 is 15.2 Å². The molecule has 0 unspecified atom stereocenters. The van der Waals surface area contributed by atoms with Crippen LogP contribution in [-0.4, -0.2) is 68.6 Å². The summed E-state index contributed by atoms with van der Waals surface area (Å²) in [7, 11) is 3.08. The number of rotatable bonds is 4. The van der Waals surface area contributed by atoms with Crippen LogP contribution in [0.3, 0.4) is 0 Å². The van der Waals surface area contributed by atoms with Gasteiger partial charge >= 0.3 is 0 Å². The van der Waals surface area contributed by atoms with Gasteiger partial charge in [-0.15, -0.1) is 12.4 Å². The van der Waals surface area contributed by atoms with Gasteiger partial charge in [0.2, 0.25) is 5.91 Å². The van der Waals surface area contributed by atoms with E-state index < -0.39 is 0 Å². The van der Waals surface area contributed by atoms with E-state index in [0.29, 0.717) is 43.2 Å².